The fourth-order valence-corrected chi connectivity index (χ4v) is 8.43. The summed E-state index contributed by atoms with van der Waals surface area (Å²) in [6.45, 7) is 0. The summed E-state index contributed by atoms with van der Waals surface area (Å²) in [7, 11) is 0. The molecule has 0 unspecified atom stereocenters. The highest BCUT2D eigenvalue weighted by atomic mass is 16.3. The van der Waals surface area contributed by atoms with Crippen molar-refractivity contribution >= 4 is 87.4 Å². The molecule has 246 valence electrons. The molecule has 0 aliphatic heterocycles. The lowest BCUT2D eigenvalue weighted by Crippen LogP contribution is -2.02. The van der Waals surface area contributed by atoms with Gasteiger partial charge in [0.2, 0.25) is 5.95 Å². The number of hydrogen-bond acceptors (Lipinski definition) is 4. The summed E-state index contributed by atoms with van der Waals surface area (Å²) in [4.78, 5) is 10.6. The van der Waals surface area contributed by atoms with E-state index in [1.54, 1.807) is 0 Å². The predicted octanol–water partition coefficient (Wildman–Crippen LogP) is 13.0. The van der Waals surface area contributed by atoms with E-state index in [0.717, 1.165) is 88.0 Å². The van der Waals surface area contributed by atoms with Crippen LogP contribution in [-0.4, -0.2) is 14.5 Å². The van der Waals surface area contributed by atoms with Crippen LogP contribution in [0.3, 0.4) is 0 Å². The van der Waals surface area contributed by atoms with Crippen molar-refractivity contribution < 1.29 is 8.83 Å². The van der Waals surface area contributed by atoms with Crippen molar-refractivity contribution in [1.29, 1.82) is 0 Å². The van der Waals surface area contributed by atoms with Crippen molar-refractivity contribution in [2.45, 2.75) is 0 Å². The van der Waals surface area contributed by atoms with Gasteiger partial charge in [-0.15, -0.1) is 0 Å². The molecule has 0 radical (unpaired) electrons. The normalized spacial score (nSPS) is 12.2. The number of fused-ring (bicyclic) bond motifs is 13. The fourth-order valence-electron chi connectivity index (χ4n) is 8.43. The molecule has 4 heterocycles. The molecule has 4 aromatic heterocycles. The Hall–Kier alpha value is -7.24. The summed E-state index contributed by atoms with van der Waals surface area (Å²) in [6.07, 6.45) is 0. The third-order valence-corrected chi connectivity index (χ3v) is 10.8. The maximum absolute atomic E-state index is 6.97. The lowest BCUT2D eigenvalue weighted by molar-refractivity contribution is 0.666. The van der Waals surface area contributed by atoms with E-state index >= 15 is 0 Å². The van der Waals surface area contributed by atoms with Crippen molar-refractivity contribution in [3.05, 3.63) is 164 Å². The van der Waals surface area contributed by atoms with E-state index in [0.29, 0.717) is 11.5 Å². The summed E-state index contributed by atoms with van der Waals surface area (Å²) >= 11 is 0. The molecule has 0 atom stereocenters. The van der Waals surface area contributed by atoms with Crippen LogP contribution in [0.15, 0.2) is 173 Å². The van der Waals surface area contributed by atoms with Crippen LogP contribution in [-0.2, 0) is 0 Å². The van der Waals surface area contributed by atoms with Crippen LogP contribution in [0.2, 0.25) is 0 Å². The lowest BCUT2D eigenvalue weighted by Gasteiger charge is -2.10. The zero-order chi connectivity index (χ0) is 34.6. The molecule has 0 aliphatic carbocycles. The molecule has 12 rings (SSSR count). The van der Waals surface area contributed by atoms with Gasteiger partial charge < -0.3 is 8.83 Å². The molecule has 5 nitrogen and oxygen atoms in total. The van der Waals surface area contributed by atoms with Gasteiger partial charge in [-0.25, -0.2) is 9.97 Å². The molecule has 0 saturated carbocycles. The average Bonchev–Trinajstić information content (AvgIpc) is 3.90. The zero-order valence-electron chi connectivity index (χ0n) is 28.2. The Morgan fingerprint density at radius 3 is 2.02 bits per heavy atom. The number of rotatable bonds is 3. The van der Waals surface area contributed by atoms with Gasteiger partial charge in [0.1, 0.15) is 28.0 Å². The molecule has 0 spiro atoms. The quantitative estimate of drug-likeness (QED) is 0.187. The van der Waals surface area contributed by atoms with E-state index < -0.39 is 0 Å². The van der Waals surface area contributed by atoms with Crippen LogP contribution in [0.5, 0.6) is 0 Å². The SMILES string of the molecule is c1ccc(-c2cc3oc4c(ccc5c4c4ccccc4n5-c4nc(-c5ccc6ccccc6c5)c5oc6ccccc6c5n4)c3c3ccccc23)cc1. The Balaban J connectivity index is 1.18. The first-order valence-electron chi connectivity index (χ1n) is 17.8. The first-order valence-corrected chi connectivity index (χ1v) is 17.8. The van der Waals surface area contributed by atoms with Crippen LogP contribution >= 0.6 is 0 Å². The van der Waals surface area contributed by atoms with Crippen LogP contribution in [0.25, 0.3) is 116 Å². The third kappa shape index (κ3) is 4.02. The number of aromatic nitrogens is 3. The third-order valence-electron chi connectivity index (χ3n) is 10.8. The highest BCUT2D eigenvalue weighted by Gasteiger charge is 2.24. The number of furan rings is 2. The molecule has 53 heavy (non-hydrogen) atoms. The predicted molar refractivity (Wildman–Crippen MR) is 217 cm³/mol. The minimum atomic E-state index is 0.575. The standard InChI is InChI=1S/C48H27N3O2/c1-2-13-29(14-3-1)37-27-41-42(33-17-7-6-16-32(33)37)36-24-25-39-43(46(36)53-41)34-18-8-10-20-38(34)51(39)48-49-44(31-23-22-28-12-4-5-15-30(28)26-31)47-45(50-48)35-19-9-11-21-40(35)52-47/h1-27H. The van der Waals surface area contributed by atoms with Crippen LogP contribution in [0.1, 0.15) is 0 Å². The Kier molecular flexibility index (Phi) is 5.71. The van der Waals surface area contributed by atoms with Crippen LogP contribution in [0, 0.1) is 0 Å². The molecule has 0 fully saturated rings. The number of benzene rings is 8. The number of hydrogen-bond donors (Lipinski definition) is 0. The molecule has 8 aromatic carbocycles. The molecule has 5 heteroatoms. The monoisotopic (exact) mass is 677 g/mol. The van der Waals surface area contributed by atoms with E-state index in [-0.39, 0.29) is 0 Å². The van der Waals surface area contributed by atoms with Gasteiger partial charge in [-0.3, -0.25) is 4.57 Å². The van der Waals surface area contributed by atoms with Gasteiger partial charge in [-0.05, 0) is 75.1 Å². The zero-order valence-corrected chi connectivity index (χ0v) is 28.2. The Morgan fingerprint density at radius 2 is 1.13 bits per heavy atom. The number of para-hydroxylation sites is 2. The van der Waals surface area contributed by atoms with E-state index in [4.69, 9.17) is 18.8 Å². The molecule has 0 bridgehead atoms. The van der Waals surface area contributed by atoms with Gasteiger partial charge in [0.05, 0.1) is 16.4 Å². The van der Waals surface area contributed by atoms with Gasteiger partial charge in [0.15, 0.2) is 5.58 Å². The largest absolute Gasteiger partial charge is 0.455 e. The fraction of sp³-hybridized carbons (Fsp3) is 0. The van der Waals surface area contributed by atoms with Gasteiger partial charge >= 0.3 is 0 Å². The van der Waals surface area contributed by atoms with E-state index in [9.17, 15) is 0 Å². The molecule has 0 amide bonds. The van der Waals surface area contributed by atoms with Crippen LogP contribution in [0.4, 0.5) is 0 Å². The highest BCUT2D eigenvalue weighted by Crippen LogP contribution is 2.45. The summed E-state index contributed by atoms with van der Waals surface area (Å²) in [5.41, 5.74) is 9.97. The minimum Gasteiger partial charge on any atom is -0.455 e. The Bertz CT molecular complexity index is 3460. The Labute approximate surface area is 302 Å². The van der Waals surface area contributed by atoms with E-state index in [2.05, 4.69) is 150 Å². The average molecular weight is 678 g/mol. The van der Waals surface area contributed by atoms with Crippen LogP contribution < -0.4 is 0 Å². The second-order valence-electron chi connectivity index (χ2n) is 13.7. The molecule has 0 aliphatic rings. The summed E-state index contributed by atoms with van der Waals surface area (Å²) in [5.74, 6) is 0.575. The van der Waals surface area contributed by atoms with E-state index in [1.165, 1.54) is 16.2 Å². The lowest BCUT2D eigenvalue weighted by atomic mass is 9.95. The maximum Gasteiger partial charge on any atom is 0.236 e. The van der Waals surface area contributed by atoms with Gasteiger partial charge in [0.25, 0.3) is 0 Å². The van der Waals surface area contributed by atoms with Gasteiger partial charge in [-0.1, -0.05) is 121 Å². The topological polar surface area (TPSA) is 57.0 Å². The minimum absolute atomic E-state index is 0.575. The smallest absolute Gasteiger partial charge is 0.236 e. The molecular formula is C48H27N3O2. The number of nitrogens with zero attached hydrogens (tertiary/aromatic N) is 3. The Morgan fingerprint density at radius 1 is 0.415 bits per heavy atom. The van der Waals surface area contributed by atoms with Gasteiger partial charge in [-0.2, -0.15) is 0 Å². The first kappa shape index (κ1) is 28.5. The van der Waals surface area contributed by atoms with E-state index in [1.807, 2.05) is 18.2 Å². The van der Waals surface area contributed by atoms with Crippen molar-refractivity contribution in [2.75, 3.05) is 0 Å². The summed E-state index contributed by atoms with van der Waals surface area (Å²) in [6, 6.07) is 57.2. The van der Waals surface area contributed by atoms with Gasteiger partial charge in [0, 0.05) is 27.1 Å². The molecule has 0 N–H and O–H groups in total. The first-order chi connectivity index (χ1) is 26.3. The second-order valence-corrected chi connectivity index (χ2v) is 13.7. The van der Waals surface area contributed by atoms with Crippen molar-refractivity contribution in [3.63, 3.8) is 0 Å². The van der Waals surface area contributed by atoms with Crippen molar-refractivity contribution in [3.8, 4) is 28.3 Å². The molecule has 0 saturated heterocycles. The van der Waals surface area contributed by atoms with Crippen molar-refractivity contribution in [1.82, 2.24) is 14.5 Å². The second kappa shape index (κ2) is 10.6. The maximum atomic E-state index is 6.97. The van der Waals surface area contributed by atoms with Crippen molar-refractivity contribution in [2.24, 2.45) is 0 Å². The molecule has 12 aromatic rings. The highest BCUT2D eigenvalue weighted by molar-refractivity contribution is 6.29. The summed E-state index contributed by atoms with van der Waals surface area (Å²) < 4.78 is 15.7. The molecular weight excluding hydrogens is 651 g/mol. The summed E-state index contributed by atoms with van der Waals surface area (Å²) in [5, 5.41) is 9.96.